The summed E-state index contributed by atoms with van der Waals surface area (Å²) in [6, 6.07) is 12.8. The number of aromatic nitrogens is 1. The Morgan fingerprint density at radius 3 is 2.50 bits per heavy atom. The highest BCUT2D eigenvalue weighted by molar-refractivity contribution is 7.11. The smallest absolute Gasteiger partial charge is 0.340 e. The first-order valence-corrected chi connectivity index (χ1v) is 10.2. The van der Waals surface area contributed by atoms with Crippen molar-refractivity contribution in [1.29, 1.82) is 5.26 Å². The third-order valence-corrected chi connectivity index (χ3v) is 5.40. The van der Waals surface area contributed by atoms with Crippen LogP contribution >= 0.6 is 11.3 Å². The van der Waals surface area contributed by atoms with Crippen LogP contribution in [0, 0.1) is 11.3 Å². The van der Waals surface area contributed by atoms with E-state index in [0.717, 1.165) is 17.0 Å². The summed E-state index contributed by atoms with van der Waals surface area (Å²) in [6.07, 6.45) is 1.49. The van der Waals surface area contributed by atoms with Crippen LogP contribution in [0.2, 0.25) is 0 Å². The number of allylic oxidation sites excluding steroid dienone is 1. The molecule has 0 atom stereocenters. The van der Waals surface area contributed by atoms with Gasteiger partial charge in [0, 0.05) is 29.3 Å². The second-order valence-electron chi connectivity index (χ2n) is 6.33. The third kappa shape index (κ3) is 4.82. The third-order valence-electron chi connectivity index (χ3n) is 4.52. The first-order valence-electron chi connectivity index (χ1n) is 9.36. The normalized spacial score (nSPS) is 10.8. The van der Waals surface area contributed by atoms with Crippen molar-refractivity contribution in [3.63, 3.8) is 0 Å². The monoisotopic (exact) mass is 451 g/mol. The lowest BCUT2D eigenvalue weighted by molar-refractivity contribution is 0.0601. The predicted octanol–water partition coefficient (Wildman–Crippen LogP) is 4.60. The number of rotatable bonds is 8. The molecule has 0 spiro atoms. The average Bonchev–Trinajstić information content (AvgIpc) is 3.33. The number of carbonyl (C=O) groups excluding carboxylic acids is 1. The molecular formula is C23H21N3O5S. The number of hydrogen-bond donors (Lipinski definition) is 1. The van der Waals surface area contributed by atoms with Gasteiger partial charge in [0.1, 0.15) is 22.4 Å². The van der Waals surface area contributed by atoms with E-state index in [2.05, 4.69) is 16.4 Å². The Morgan fingerprint density at radius 2 is 1.84 bits per heavy atom. The number of nitriles is 1. The van der Waals surface area contributed by atoms with E-state index in [0.29, 0.717) is 27.8 Å². The van der Waals surface area contributed by atoms with Gasteiger partial charge in [-0.15, -0.1) is 11.3 Å². The van der Waals surface area contributed by atoms with Crippen LogP contribution in [0.25, 0.3) is 16.8 Å². The number of methoxy groups -OCH3 is 4. The van der Waals surface area contributed by atoms with E-state index in [1.807, 2.05) is 29.6 Å². The van der Waals surface area contributed by atoms with Crippen LogP contribution < -0.4 is 19.5 Å². The molecule has 0 saturated heterocycles. The maximum atomic E-state index is 12.2. The summed E-state index contributed by atoms with van der Waals surface area (Å²) >= 11 is 1.34. The van der Waals surface area contributed by atoms with Gasteiger partial charge in [0.05, 0.1) is 45.4 Å². The highest BCUT2D eigenvalue weighted by Gasteiger charge is 2.18. The average molecular weight is 452 g/mol. The number of nitrogens with one attached hydrogen (secondary N) is 1. The van der Waals surface area contributed by atoms with Crippen molar-refractivity contribution >= 4 is 28.6 Å². The molecule has 0 aliphatic rings. The zero-order chi connectivity index (χ0) is 23.1. The van der Waals surface area contributed by atoms with Gasteiger partial charge in [-0.05, 0) is 12.1 Å². The van der Waals surface area contributed by atoms with Crippen molar-refractivity contribution in [2.75, 3.05) is 33.8 Å². The fourth-order valence-electron chi connectivity index (χ4n) is 2.88. The fourth-order valence-corrected chi connectivity index (χ4v) is 3.68. The summed E-state index contributed by atoms with van der Waals surface area (Å²) in [5.74, 6) is 0.961. The van der Waals surface area contributed by atoms with Crippen LogP contribution in [-0.4, -0.2) is 39.4 Å². The molecule has 32 heavy (non-hydrogen) atoms. The van der Waals surface area contributed by atoms with Gasteiger partial charge in [-0.25, -0.2) is 9.78 Å². The molecule has 0 fully saturated rings. The Hall–Kier alpha value is -4.03. The number of esters is 1. The Bertz CT molecular complexity index is 1200. The van der Waals surface area contributed by atoms with Crippen LogP contribution in [0.15, 0.2) is 48.0 Å². The van der Waals surface area contributed by atoms with Gasteiger partial charge in [0.25, 0.3) is 0 Å². The maximum absolute atomic E-state index is 12.2. The SMILES string of the molecule is COC(=O)c1cc(OC)c(OC)cc1NC=C(C#N)c1nc(-c2cccc(OC)c2)cs1. The molecule has 1 N–H and O–H groups in total. The topological polar surface area (TPSA) is 103 Å². The molecule has 3 rings (SSSR count). The summed E-state index contributed by atoms with van der Waals surface area (Å²) in [4.78, 5) is 16.8. The second-order valence-corrected chi connectivity index (χ2v) is 7.19. The molecule has 1 aromatic heterocycles. The number of carbonyl (C=O) groups is 1. The Morgan fingerprint density at radius 1 is 1.09 bits per heavy atom. The van der Waals surface area contributed by atoms with Crippen LogP contribution in [0.5, 0.6) is 17.2 Å². The number of anilines is 1. The summed E-state index contributed by atoms with van der Waals surface area (Å²) in [7, 11) is 5.85. The summed E-state index contributed by atoms with van der Waals surface area (Å²) < 4.78 is 20.7. The van der Waals surface area contributed by atoms with E-state index in [1.54, 1.807) is 13.2 Å². The number of ether oxygens (including phenoxy) is 4. The molecule has 164 valence electrons. The minimum Gasteiger partial charge on any atom is -0.497 e. The first-order chi connectivity index (χ1) is 15.5. The van der Waals surface area contributed by atoms with E-state index in [4.69, 9.17) is 18.9 Å². The van der Waals surface area contributed by atoms with E-state index in [1.165, 1.54) is 44.9 Å². The van der Waals surface area contributed by atoms with Gasteiger partial charge < -0.3 is 24.3 Å². The van der Waals surface area contributed by atoms with E-state index >= 15 is 0 Å². The molecule has 1 heterocycles. The Labute approximate surface area is 189 Å². The Kier molecular flexibility index (Phi) is 7.31. The highest BCUT2D eigenvalue weighted by atomic mass is 32.1. The number of thiazole rings is 1. The van der Waals surface area contributed by atoms with Gasteiger partial charge in [0.15, 0.2) is 11.5 Å². The molecule has 0 radical (unpaired) electrons. The molecule has 0 unspecified atom stereocenters. The van der Waals surface area contributed by atoms with Gasteiger partial charge in [-0.1, -0.05) is 12.1 Å². The predicted molar refractivity (Wildman–Crippen MR) is 122 cm³/mol. The number of benzene rings is 2. The van der Waals surface area contributed by atoms with Gasteiger partial charge in [-0.2, -0.15) is 5.26 Å². The van der Waals surface area contributed by atoms with Gasteiger partial charge in [-0.3, -0.25) is 0 Å². The number of hydrogen-bond acceptors (Lipinski definition) is 9. The van der Waals surface area contributed by atoms with Crippen molar-refractivity contribution in [3.05, 3.63) is 58.5 Å². The van der Waals surface area contributed by atoms with Crippen molar-refractivity contribution < 1.29 is 23.7 Å². The van der Waals surface area contributed by atoms with Crippen molar-refractivity contribution in [2.24, 2.45) is 0 Å². The summed E-state index contributed by atoms with van der Waals surface area (Å²) in [6.45, 7) is 0. The Balaban J connectivity index is 1.94. The van der Waals surface area contributed by atoms with Gasteiger partial charge >= 0.3 is 5.97 Å². The molecule has 8 nitrogen and oxygen atoms in total. The zero-order valence-electron chi connectivity index (χ0n) is 18.0. The molecule has 3 aromatic rings. The fraction of sp³-hybridized carbons (Fsp3) is 0.174. The van der Waals surface area contributed by atoms with Crippen LogP contribution in [0.4, 0.5) is 5.69 Å². The first kappa shape index (κ1) is 22.7. The maximum Gasteiger partial charge on any atom is 0.340 e. The molecule has 0 aliphatic heterocycles. The minimum atomic E-state index is -0.560. The lowest BCUT2D eigenvalue weighted by atomic mass is 10.1. The van der Waals surface area contributed by atoms with E-state index in [9.17, 15) is 10.1 Å². The summed E-state index contributed by atoms with van der Waals surface area (Å²) in [5, 5.41) is 15.1. The largest absolute Gasteiger partial charge is 0.497 e. The minimum absolute atomic E-state index is 0.231. The lowest BCUT2D eigenvalue weighted by Gasteiger charge is -2.13. The molecular weight excluding hydrogens is 430 g/mol. The number of nitrogens with zero attached hydrogens (tertiary/aromatic N) is 2. The summed E-state index contributed by atoms with van der Waals surface area (Å²) in [5.41, 5.74) is 2.54. The van der Waals surface area contributed by atoms with Crippen LogP contribution in [0.3, 0.4) is 0 Å². The van der Waals surface area contributed by atoms with Crippen LogP contribution in [-0.2, 0) is 4.74 Å². The molecule has 0 amide bonds. The molecule has 9 heteroatoms. The standard InChI is InChI=1S/C23H21N3O5S/c1-28-16-7-5-6-14(8-16)19-13-32-22(26-19)15(11-24)12-25-18-10-21(30-3)20(29-2)9-17(18)23(27)31-4/h5-10,12-13,25H,1-4H3. The highest BCUT2D eigenvalue weighted by Crippen LogP contribution is 2.34. The lowest BCUT2D eigenvalue weighted by Crippen LogP contribution is -2.07. The van der Waals surface area contributed by atoms with Gasteiger partial charge in [0.2, 0.25) is 0 Å². The molecule has 2 aromatic carbocycles. The zero-order valence-corrected chi connectivity index (χ0v) is 18.8. The molecule has 0 bridgehead atoms. The van der Waals surface area contributed by atoms with Crippen molar-refractivity contribution in [2.45, 2.75) is 0 Å². The van der Waals surface area contributed by atoms with Crippen molar-refractivity contribution in [3.8, 4) is 34.6 Å². The molecule has 0 aliphatic carbocycles. The van der Waals surface area contributed by atoms with E-state index < -0.39 is 5.97 Å². The second kappa shape index (κ2) is 10.3. The van der Waals surface area contributed by atoms with Crippen LogP contribution in [0.1, 0.15) is 15.4 Å². The molecule has 0 saturated carbocycles. The van der Waals surface area contributed by atoms with Crippen molar-refractivity contribution in [1.82, 2.24) is 4.98 Å². The van der Waals surface area contributed by atoms with E-state index in [-0.39, 0.29) is 5.56 Å². The quantitative estimate of drug-likeness (QED) is 0.392.